The Hall–Kier alpha value is -2.19. The lowest BCUT2D eigenvalue weighted by molar-refractivity contribution is -0.139. The molecule has 1 aromatic heterocycles. The second kappa shape index (κ2) is 6.93. The number of pyridine rings is 1. The molecule has 2 aliphatic heterocycles. The van der Waals surface area contributed by atoms with E-state index in [1.165, 1.54) is 0 Å². The minimum absolute atomic E-state index is 0.224. The lowest BCUT2D eigenvalue weighted by Gasteiger charge is -2.28. The van der Waals surface area contributed by atoms with Gasteiger partial charge in [-0.1, -0.05) is 0 Å². The van der Waals surface area contributed by atoms with Crippen molar-refractivity contribution >= 4 is 34.9 Å². The summed E-state index contributed by atoms with van der Waals surface area (Å²) in [5.41, 5.74) is 0.782. The average molecular weight is 333 g/mol. The summed E-state index contributed by atoms with van der Waals surface area (Å²) in [6.07, 6.45) is 4.85. The molecular weight excluding hydrogens is 318 g/mol. The highest BCUT2D eigenvalue weighted by atomic mass is 32.2. The van der Waals surface area contributed by atoms with Gasteiger partial charge >= 0.3 is 0 Å². The minimum Gasteiger partial charge on any atom is -0.378 e. The number of hydrogen-bond acceptors (Lipinski definition) is 6. The van der Waals surface area contributed by atoms with E-state index >= 15 is 0 Å². The van der Waals surface area contributed by atoms with Crippen LogP contribution in [0.4, 0.5) is 4.79 Å². The van der Waals surface area contributed by atoms with Gasteiger partial charge in [-0.05, 0) is 35.5 Å². The molecule has 0 saturated carbocycles. The summed E-state index contributed by atoms with van der Waals surface area (Å²) < 4.78 is 5.19. The van der Waals surface area contributed by atoms with Crippen LogP contribution in [0, 0.1) is 0 Å². The maximum absolute atomic E-state index is 12.3. The highest BCUT2D eigenvalue weighted by molar-refractivity contribution is 8.18. The molecule has 0 spiro atoms. The van der Waals surface area contributed by atoms with Gasteiger partial charge in [0.15, 0.2) is 0 Å². The Labute approximate surface area is 137 Å². The van der Waals surface area contributed by atoms with Crippen LogP contribution in [0.3, 0.4) is 0 Å². The molecule has 23 heavy (non-hydrogen) atoms. The summed E-state index contributed by atoms with van der Waals surface area (Å²) >= 11 is 0.848. The number of morpholine rings is 1. The molecule has 0 N–H and O–H groups in total. The van der Waals surface area contributed by atoms with Crippen molar-refractivity contribution in [2.24, 2.45) is 0 Å². The topological polar surface area (TPSA) is 79.8 Å². The lowest BCUT2D eigenvalue weighted by atomic mass is 10.2. The highest BCUT2D eigenvalue weighted by Gasteiger charge is 2.37. The van der Waals surface area contributed by atoms with Gasteiger partial charge in [0.05, 0.1) is 18.1 Å². The minimum atomic E-state index is -0.432. The molecule has 3 heterocycles. The van der Waals surface area contributed by atoms with Crippen LogP contribution in [0.5, 0.6) is 0 Å². The van der Waals surface area contributed by atoms with Crippen LogP contribution in [0.15, 0.2) is 29.4 Å². The average Bonchev–Trinajstić information content (AvgIpc) is 2.84. The van der Waals surface area contributed by atoms with Crippen LogP contribution >= 0.6 is 11.8 Å². The van der Waals surface area contributed by atoms with Crippen molar-refractivity contribution in [3.63, 3.8) is 0 Å². The molecule has 2 saturated heterocycles. The van der Waals surface area contributed by atoms with Gasteiger partial charge in [0, 0.05) is 25.5 Å². The van der Waals surface area contributed by atoms with Gasteiger partial charge < -0.3 is 9.64 Å². The van der Waals surface area contributed by atoms with Gasteiger partial charge in [-0.15, -0.1) is 0 Å². The standard InChI is InChI=1S/C15H15N3O4S/c19-13(17-5-7-22-8-6-17)10-18-14(20)12(23-15(18)21)9-11-1-3-16-4-2-11/h1-4,9H,5-8,10H2. The van der Waals surface area contributed by atoms with Gasteiger partial charge in [-0.3, -0.25) is 24.3 Å². The molecule has 0 radical (unpaired) electrons. The van der Waals surface area contributed by atoms with E-state index < -0.39 is 11.1 Å². The van der Waals surface area contributed by atoms with Crippen LogP contribution in [0.1, 0.15) is 5.56 Å². The number of thioether (sulfide) groups is 1. The number of carbonyl (C=O) groups is 3. The molecule has 2 fully saturated rings. The molecule has 120 valence electrons. The van der Waals surface area contributed by atoms with E-state index in [1.807, 2.05) is 0 Å². The molecule has 7 nitrogen and oxygen atoms in total. The molecule has 3 rings (SSSR count). The van der Waals surface area contributed by atoms with E-state index in [4.69, 9.17) is 4.74 Å². The first-order valence-corrected chi connectivity index (χ1v) is 7.98. The SMILES string of the molecule is O=C(CN1C(=O)SC(=Cc2ccncc2)C1=O)N1CCOCC1. The Morgan fingerprint density at radius 1 is 1.26 bits per heavy atom. The first-order chi connectivity index (χ1) is 11.1. The Morgan fingerprint density at radius 2 is 1.96 bits per heavy atom. The second-order valence-electron chi connectivity index (χ2n) is 5.04. The predicted octanol–water partition coefficient (Wildman–Crippen LogP) is 0.977. The first kappa shape index (κ1) is 15.7. The molecule has 8 heteroatoms. The van der Waals surface area contributed by atoms with Crippen LogP contribution in [-0.4, -0.2) is 64.7 Å². The summed E-state index contributed by atoms with van der Waals surface area (Å²) in [7, 11) is 0. The summed E-state index contributed by atoms with van der Waals surface area (Å²) in [5, 5.41) is -0.420. The zero-order chi connectivity index (χ0) is 16.2. The quantitative estimate of drug-likeness (QED) is 0.767. The summed E-state index contributed by atoms with van der Waals surface area (Å²) in [6.45, 7) is 1.72. The maximum atomic E-state index is 12.3. The number of ether oxygens (including phenoxy) is 1. The van der Waals surface area contributed by atoms with E-state index in [0.717, 1.165) is 22.2 Å². The molecule has 0 aliphatic carbocycles. The molecule has 0 bridgehead atoms. The molecule has 0 aromatic carbocycles. The number of imide groups is 1. The third-order valence-corrected chi connectivity index (χ3v) is 4.44. The molecular formula is C15H15N3O4S. The van der Waals surface area contributed by atoms with Crippen LogP contribution in [-0.2, 0) is 14.3 Å². The van der Waals surface area contributed by atoms with Gasteiger partial charge in [0.2, 0.25) is 5.91 Å². The Morgan fingerprint density at radius 3 is 2.65 bits per heavy atom. The number of aromatic nitrogens is 1. The molecule has 0 unspecified atom stereocenters. The number of nitrogens with zero attached hydrogens (tertiary/aromatic N) is 3. The Kier molecular flexibility index (Phi) is 4.73. The normalized spacial score (nSPS) is 20.4. The number of amides is 3. The number of carbonyl (C=O) groups excluding carboxylic acids is 3. The van der Waals surface area contributed by atoms with Crippen molar-refractivity contribution in [1.29, 1.82) is 0 Å². The third-order valence-electron chi connectivity index (χ3n) is 3.53. The number of hydrogen-bond donors (Lipinski definition) is 0. The van der Waals surface area contributed by atoms with Gasteiger partial charge in [-0.25, -0.2) is 0 Å². The van der Waals surface area contributed by atoms with Gasteiger partial charge in [-0.2, -0.15) is 0 Å². The molecule has 2 aliphatic rings. The number of rotatable bonds is 3. The Bertz CT molecular complexity index is 656. The lowest BCUT2D eigenvalue weighted by Crippen LogP contribution is -2.46. The maximum Gasteiger partial charge on any atom is 0.294 e. The largest absolute Gasteiger partial charge is 0.378 e. The zero-order valence-electron chi connectivity index (χ0n) is 12.3. The highest BCUT2D eigenvalue weighted by Crippen LogP contribution is 2.32. The van der Waals surface area contributed by atoms with Crippen molar-refractivity contribution < 1.29 is 19.1 Å². The van der Waals surface area contributed by atoms with E-state index in [0.29, 0.717) is 31.2 Å². The summed E-state index contributed by atoms with van der Waals surface area (Å²) in [6, 6.07) is 3.49. The van der Waals surface area contributed by atoms with E-state index in [1.54, 1.807) is 35.5 Å². The van der Waals surface area contributed by atoms with Gasteiger partial charge in [0.1, 0.15) is 6.54 Å². The van der Waals surface area contributed by atoms with Crippen molar-refractivity contribution in [3.05, 3.63) is 35.0 Å². The van der Waals surface area contributed by atoms with E-state index in [9.17, 15) is 14.4 Å². The fourth-order valence-corrected chi connectivity index (χ4v) is 3.13. The Balaban J connectivity index is 1.69. The van der Waals surface area contributed by atoms with Crippen molar-refractivity contribution in [2.75, 3.05) is 32.8 Å². The monoisotopic (exact) mass is 333 g/mol. The first-order valence-electron chi connectivity index (χ1n) is 7.16. The van der Waals surface area contributed by atoms with E-state index in [-0.39, 0.29) is 12.5 Å². The van der Waals surface area contributed by atoms with Crippen molar-refractivity contribution in [2.45, 2.75) is 0 Å². The molecule has 3 amide bonds. The second-order valence-corrected chi connectivity index (χ2v) is 6.03. The van der Waals surface area contributed by atoms with Crippen LogP contribution < -0.4 is 0 Å². The summed E-state index contributed by atoms with van der Waals surface area (Å²) in [5.74, 6) is -0.667. The van der Waals surface area contributed by atoms with Crippen molar-refractivity contribution in [3.8, 4) is 0 Å². The molecule has 1 aromatic rings. The fourth-order valence-electron chi connectivity index (χ4n) is 2.30. The van der Waals surface area contributed by atoms with Crippen molar-refractivity contribution in [1.82, 2.24) is 14.8 Å². The fraction of sp³-hybridized carbons (Fsp3) is 0.333. The van der Waals surface area contributed by atoms with Crippen LogP contribution in [0.25, 0.3) is 6.08 Å². The van der Waals surface area contributed by atoms with Crippen LogP contribution in [0.2, 0.25) is 0 Å². The third kappa shape index (κ3) is 3.59. The summed E-state index contributed by atoms with van der Waals surface area (Å²) in [4.78, 5) is 43.4. The molecule has 0 atom stereocenters. The predicted molar refractivity (Wildman–Crippen MR) is 84.3 cm³/mol. The van der Waals surface area contributed by atoms with Gasteiger partial charge in [0.25, 0.3) is 11.1 Å². The smallest absolute Gasteiger partial charge is 0.294 e. The zero-order valence-corrected chi connectivity index (χ0v) is 13.1. The van der Waals surface area contributed by atoms with E-state index in [2.05, 4.69) is 4.98 Å².